The average molecular weight is 218 g/mol. The second-order valence-electron chi connectivity index (χ2n) is 3.29. The molecule has 1 aliphatic rings. The summed E-state index contributed by atoms with van der Waals surface area (Å²) in [5.74, 6) is 0.0647. The van der Waals surface area contributed by atoms with E-state index < -0.39 is 0 Å². The number of thiophene rings is 1. The molecular formula is C10H6N2O2S. The first-order chi connectivity index (χ1) is 7.27. The predicted molar refractivity (Wildman–Crippen MR) is 58.2 cm³/mol. The van der Waals surface area contributed by atoms with Crippen molar-refractivity contribution in [1.29, 1.82) is 0 Å². The largest absolute Gasteiger partial charge is 0.313 e. The van der Waals surface area contributed by atoms with E-state index in [-0.39, 0.29) is 11.3 Å². The maximum Gasteiger partial charge on any atom is 0.260 e. The Kier molecular flexibility index (Phi) is 1.63. The zero-order valence-corrected chi connectivity index (χ0v) is 8.43. The fourth-order valence-corrected chi connectivity index (χ4v) is 2.79. The molecular weight excluding hydrogens is 212 g/mol. The minimum Gasteiger partial charge on any atom is -0.313 e. The van der Waals surface area contributed by atoms with E-state index in [0.717, 1.165) is 5.56 Å². The standard InChI is InChI=1S/C10H6N2O2S/c13-6-3-1-2-5-7-9(14)11-4-12-10(7)15-8(5)6/h1-2,4H,3H2,(H,11,12,14). The maximum absolute atomic E-state index is 11.6. The van der Waals surface area contributed by atoms with Crippen LogP contribution in [0.2, 0.25) is 0 Å². The molecule has 2 heterocycles. The molecule has 2 aromatic rings. The number of hydrogen-bond donors (Lipinski definition) is 1. The van der Waals surface area contributed by atoms with Gasteiger partial charge in [-0.15, -0.1) is 11.3 Å². The predicted octanol–water partition coefficient (Wildman–Crippen LogP) is 1.58. The highest BCUT2D eigenvalue weighted by atomic mass is 32.1. The van der Waals surface area contributed by atoms with Crippen LogP contribution in [0.4, 0.5) is 0 Å². The smallest absolute Gasteiger partial charge is 0.260 e. The molecule has 2 aromatic heterocycles. The fraction of sp³-hybridized carbons (Fsp3) is 0.100. The molecule has 0 spiro atoms. The Balaban J connectivity index is 2.54. The first kappa shape index (κ1) is 8.55. The third kappa shape index (κ3) is 1.10. The van der Waals surface area contributed by atoms with E-state index in [4.69, 9.17) is 0 Å². The van der Waals surface area contributed by atoms with Crippen molar-refractivity contribution in [2.45, 2.75) is 6.42 Å². The van der Waals surface area contributed by atoms with Gasteiger partial charge in [-0.25, -0.2) is 4.98 Å². The number of aromatic amines is 1. The molecule has 0 aliphatic heterocycles. The van der Waals surface area contributed by atoms with Crippen LogP contribution >= 0.6 is 11.3 Å². The van der Waals surface area contributed by atoms with Gasteiger partial charge >= 0.3 is 0 Å². The van der Waals surface area contributed by atoms with Crippen LogP contribution in [0.5, 0.6) is 0 Å². The summed E-state index contributed by atoms with van der Waals surface area (Å²) in [6.45, 7) is 0. The molecule has 0 saturated heterocycles. The third-order valence-electron chi connectivity index (χ3n) is 2.37. The van der Waals surface area contributed by atoms with E-state index in [9.17, 15) is 9.59 Å². The Hall–Kier alpha value is -1.75. The van der Waals surface area contributed by atoms with Gasteiger partial charge in [0.05, 0.1) is 16.6 Å². The molecule has 74 valence electrons. The Morgan fingerprint density at radius 3 is 3.13 bits per heavy atom. The van der Waals surface area contributed by atoms with Crippen molar-refractivity contribution < 1.29 is 4.79 Å². The quantitative estimate of drug-likeness (QED) is 0.730. The summed E-state index contributed by atoms with van der Waals surface area (Å²) in [7, 11) is 0. The summed E-state index contributed by atoms with van der Waals surface area (Å²) in [5.41, 5.74) is 0.539. The molecule has 0 saturated carbocycles. The van der Waals surface area contributed by atoms with Gasteiger partial charge in [0, 0.05) is 12.0 Å². The summed E-state index contributed by atoms with van der Waals surface area (Å²) >= 11 is 1.29. The highest BCUT2D eigenvalue weighted by Gasteiger charge is 2.21. The van der Waals surface area contributed by atoms with E-state index >= 15 is 0 Å². The molecule has 15 heavy (non-hydrogen) atoms. The molecule has 1 aliphatic carbocycles. The van der Waals surface area contributed by atoms with Crippen molar-refractivity contribution in [3.8, 4) is 0 Å². The normalized spacial score (nSPS) is 14.5. The average Bonchev–Trinajstić information content (AvgIpc) is 2.59. The number of nitrogens with zero attached hydrogens (tertiary/aromatic N) is 1. The number of aromatic nitrogens is 2. The molecule has 0 fully saturated rings. The van der Waals surface area contributed by atoms with Gasteiger partial charge in [0.1, 0.15) is 4.83 Å². The van der Waals surface area contributed by atoms with Crippen LogP contribution in [0.25, 0.3) is 16.3 Å². The second kappa shape index (κ2) is 2.87. The van der Waals surface area contributed by atoms with Gasteiger partial charge in [0.2, 0.25) is 0 Å². The highest BCUT2D eigenvalue weighted by Crippen LogP contribution is 2.32. The van der Waals surface area contributed by atoms with Crippen molar-refractivity contribution in [1.82, 2.24) is 9.97 Å². The van der Waals surface area contributed by atoms with Gasteiger partial charge in [-0.2, -0.15) is 0 Å². The number of carbonyl (C=O) groups is 1. The zero-order valence-electron chi connectivity index (χ0n) is 7.61. The van der Waals surface area contributed by atoms with E-state index in [1.807, 2.05) is 6.08 Å². The lowest BCUT2D eigenvalue weighted by atomic mass is 10.0. The van der Waals surface area contributed by atoms with Crippen molar-refractivity contribution in [2.24, 2.45) is 0 Å². The van der Waals surface area contributed by atoms with Gasteiger partial charge in [-0.3, -0.25) is 9.59 Å². The van der Waals surface area contributed by atoms with Gasteiger partial charge < -0.3 is 4.98 Å². The van der Waals surface area contributed by atoms with E-state index in [1.54, 1.807) is 6.08 Å². The van der Waals surface area contributed by atoms with Crippen LogP contribution < -0.4 is 5.56 Å². The maximum atomic E-state index is 11.6. The van der Waals surface area contributed by atoms with Crippen LogP contribution in [-0.4, -0.2) is 15.8 Å². The van der Waals surface area contributed by atoms with Gasteiger partial charge in [0.15, 0.2) is 5.78 Å². The van der Waals surface area contributed by atoms with E-state index in [1.165, 1.54) is 17.7 Å². The first-order valence-electron chi connectivity index (χ1n) is 4.47. The van der Waals surface area contributed by atoms with Crippen LogP contribution in [0.15, 0.2) is 17.2 Å². The number of rotatable bonds is 0. The van der Waals surface area contributed by atoms with Crippen molar-refractivity contribution >= 4 is 33.4 Å². The Morgan fingerprint density at radius 2 is 2.27 bits per heavy atom. The van der Waals surface area contributed by atoms with Gasteiger partial charge in [0.25, 0.3) is 5.56 Å². The number of allylic oxidation sites excluding steroid dienone is 1. The molecule has 0 atom stereocenters. The lowest BCUT2D eigenvalue weighted by Crippen LogP contribution is -2.07. The molecule has 0 bridgehead atoms. The fourth-order valence-electron chi connectivity index (χ4n) is 1.71. The number of fused-ring (bicyclic) bond motifs is 3. The Morgan fingerprint density at radius 1 is 1.40 bits per heavy atom. The minimum absolute atomic E-state index is 0.0647. The topological polar surface area (TPSA) is 62.8 Å². The third-order valence-corrected chi connectivity index (χ3v) is 3.53. The molecule has 5 heteroatoms. The number of H-pyrrole nitrogens is 1. The Labute approximate surface area is 88.3 Å². The van der Waals surface area contributed by atoms with Crippen molar-refractivity contribution in [2.75, 3.05) is 0 Å². The van der Waals surface area contributed by atoms with Crippen LogP contribution in [0, 0.1) is 0 Å². The van der Waals surface area contributed by atoms with Crippen LogP contribution in [-0.2, 0) is 0 Å². The van der Waals surface area contributed by atoms with Crippen molar-refractivity contribution in [3.05, 3.63) is 33.2 Å². The lowest BCUT2D eigenvalue weighted by molar-refractivity contribution is 0.0998. The lowest BCUT2D eigenvalue weighted by Gasteiger charge is -2.01. The summed E-state index contributed by atoms with van der Waals surface area (Å²) < 4.78 is 0. The summed E-state index contributed by atoms with van der Waals surface area (Å²) in [5, 5.41) is 0.529. The summed E-state index contributed by atoms with van der Waals surface area (Å²) in [4.78, 5) is 31.0. The van der Waals surface area contributed by atoms with E-state index in [2.05, 4.69) is 9.97 Å². The summed E-state index contributed by atoms with van der Waals surface area (Å²) in [6, 6.07) is 0. The minimum atomic E-state index is -0.183. The molecule has 4 nitrogen and oxygen atoms in total. The number of hydrogen-bond acceptors (Lipinski definition) is 4. The number of ketones is 1. The number of nitrogens with one attached hydrogen (secondary N) is 1. The molecule has 0 amide bonds. The molecule has 0 unspecified atom stereocenters. The van der Waals surface area contributed by atoms with Crippen LogP contribution in [0.1, 0.15) is 21.7 Å². The molecule has 0 radical (unpaired) electrons. The Bertz CT molecular complexity index is 651. The highest BCUT2D eigenvalue weighted by molar-refractivity contribution is 7.20. The van der Waals surface area contributed by atoms with Gasteiger partial charge in [-0.05, 0) is 0 Å². The zero-order chi connectivity index (χ0) is 10.4. The second-order valence-corrected chi connectivity index (χ2v) is 4.29. The number of Topliss-reactive ketones (excluding diaryl/α,β-unsaturated/α-hetero) is 1. The SMILES string of the molecule is O=C1CC=Cc2c1sc1nc[nH]c(=O)c21. The van der Waals surface area contributed by atoms with Crippen molar-refractivity contribution in [3.63, 3.8) is 0 Å². The summed E-state index contributed by atoms with van der Waals surface area (Å²) in [6.07, 6.45) is 5.38. The van der Waals surface area contributed by atoms with Gasteiger partial charge in [-0.1, -0.05) is 12.2 Å². The molecule has 3 rings (SSSR count). The number of carbonyl (C=O) groups excluding carboxylic acids is 1. The molecule has 1 N–H and O–H groups in total. The van der Waals surface area contributed by atoms with Crippen LogP contribution in [0.3, 0.4) is 0 Å². The first-order valence-corrected chi connectivity index (χ1v) is 5.29. The monoisotopic (exact) mass is 218 g/mol. The van der Waals surface area contributed by atoms with E-state index in [0.29, 0.717) is 21.5 Å². The molecule has 0 aromatic carbocycles.